The Kier molecular flexibility index (Phi) is 4.83. The van der Waals surface area contributed by atoms with Crippen molar-refractivity contribution in [2.75, 3.05) is 5.32 Å². The summed E-state index contributed by atoms with van der Waals surface area (Å²) >= 11 is 0. The van der Waals surface area contributed by atoms with Crippen LogP contribution in [0.15, 0.2) is 89.9 Å². The number of carbonyl (C=O) groups excluding carboxylic acids is 1. The molecule has 5 nitrogen and oxygen atoms in total. The van der Waals surface area contributed by atoms with Crippen molar-refractivity contribution in [1.29, 1.82) is 0 Å². The molecule has 0 aliphatic heterocycles. The van der Waals surface area contributed by atoms with Gasteiger partial charge in [0.25, 0.3) is 5.91 Å². The lowest BCUT2D eigenvalue weighted by Gasteiger charge is -2.10. The molecule has 0 saturated heterocycles. The fraction of sp³-hybridized carbons (Fsp3) is 0.0909. The van der Waals surface area contributed by atoms with Crippen molar-refractivity contribution in [3.8, 4) is 11.3 Å². The van der Waals surface area contributed by atoms with Crippen molar-refractivity contribution in [3.63, 3.8) is 0 Å². The highest BCUT2D eigenvalue weighted by atomic mass is 16.3. The van der Waals surface area contributed by atoms with E-state index in [-0.39, 0.29) is 5.91 Å². The summed E-state index contributed by atoms with van der Waals surface area (Å²) in [5.74, 6) is 0.572. The molecule has 4 aromatic rings. The predicted molar refractivity (Wildman–Crippen MR) is 104 cm³/mol. The topological polar surface area (TPSA) is 60.1 Å². The van der Waals surface area contributed by atoms with Gasteiger partial charge in [-0.2, -0.15) is 0 Å². The second kappa shape index (κ2) is 7.74. The fourth-order valence-electron chi connectivity index (χ4n) is 2.98. The Balaban J connectivity index is 1.42. The number of amides is 1. The van der Waals surface area contributed by atoms with Crippen LogP contribution in [-0.2, 0) is 13.0 Å². The van der Waals surface area contributed by atoms with E-state index in [1.54, 1.807) is 6.20 Å². The van der Waals surface area contributed by atoms with Crippen LogP contribution in [0.25, 0.3) is 11.3 Å². The number of aromatic nitrogens is 2. The van der Waals surface area contributed by atoms with Gasteiger partial charge in [0.05, 0.1) is 6.20 Å². The van der Waals surface area contributed by atoms with Crippen LogP contribution in [0.1, 0.15) is 16.1 Å². The standard InChI is InChI=1S/C22H19N3O2/c26-22(24-19-10-8-18(9-11-19)21-15-23-16-27-21)20-7-4-13-25(20)14-12-17-5-2-1-3-6-17/h1-11,13,15-16H,12,14H2,(H,24,26). The highest BCUT2D eigenvalue weighted by Gasteiger charge is 2.11. The van der Waals surface area contributed by atoms with Gasteiger partial charge in [-0.25, -0.2) is 4.98 Å². The van der Waals surface area contributed by atoms with Gasteiger partial charge in [0.15, 0.2) is 12.2 Å². The number of benzene rings is 2. The number of carbonyl (C=O) groups is 1. The highest BCUT2D eigenvalue weighted by molar-refractivity contribution is 6.03. The minimum absolute atomic E-state index is 0.125. The van der Waals surface area contributed by atoms with E-state index in [1.165, 1.54) is 12.0 Å². The van der Waals surface area contributed by atoms with Crippen LogP contribution in [0.3, 0.4) is 0 Å². The van der Waals surface area contributed by atoms with Crippen molar-refractivity contribution in [1.82, 2.24) is 9.55 Å². The van der Waals surface area contributed by atoms with Crippen molar-refractivity contribution < 1.29 is 9.21 Å². The molecule has 27 heavy (non-hydrogen) atoms. The second-order valence-corrected chi connectivity index (χ2v) is 6.22. The number of oxazole rings is 1. The van der Waals surface area contributed by atoms with Gasteiger partial charge in [-0.05, 0) is 48.4 Å². The monoisotopic (exact) mass is 357 g/mol. The van der Waals surface area contributed by atoms with Gasteiger partial charge in [0.2, 0.25) is 0 Å². The van der Waals surface area contributed by atoms with Gasteiger partial charge in [-0.3, -0.25) is 4.79 Å². The van der Waals surface area contributed by atoms with Gasteiger partial charge in [-0.15, -0.1) is 0 Å². The Hall–Kier alpha value is -3.60. The van der Waals surface area contributed by atoms with Crippen molar-refractivity contribution in [2.45, 2.75) is 13.0 Å². The van der Waals surface area contributed by atoms with Crippen molar-refractivity contribution in [2.24, 2.45) is 0 Å². The number of nitrogens with zero attached hydrogens (tertiary/aromatic N) is 2. The maximum atomic E-state index is 12.7. The molecule has 2 aromatic carbocycles. The average molecular weight is 357 g/mol. The van der Waals surface area contributed by atoms with Gasteiger partial charge < -0.3 is 14.3 Å². The Morgan fingerprint density at radius 1 is 1.00 bits per heavy atom. The smallest absolute Gasteiger partial charge is 0.272 e. The lowest BCUT2D eigenvalue weighted by Crippen LogP contribution is -2.17. The van der Waals surface area contributed by atoms with Gasteiger partial charge >= 0.3 is 0 Å². The molecule has 2 aromatic heterocycles. The maximum absolute atomic E-state index is 12.7. The third-order valence-electron chi connectivity index (χ3n) is 4.41. The highest BCUT2D eigenvalue weighted by Crippen LogP contribution is 2.21. The summed E-state index contributed by atoms with van der Waals surface area (Å²) in [4.78, 5) is 16.6. The number of aryl methyl sites for hydroxylation is 2. The average Bonchev–Trinajstić information content (AvgIpc) is 3.40. The zero-order valence-corrected chi connectivity index (χ0v) is 14.7. The van der Waals surface area contributed by atoms with Crippen molar-refractivity contribution in [3.05, 3.63) is 96.8 Å². The van der Waals surface area contributed by atoms with Crippen LogP contribution < -0.4 is 5.32 Å². The first-order valence-electron chi connectivity index (χ1n) is 8.79. The first kappa shape index (κ1) is 16.8. The molecule has 0 radical (unpaired) electrons. The molecule has 4 rings (SSSR count). The molecule has 0 aliphatic carbocycles. The SMILES string of the molecule is O=C(Nc1ccc(-c2cnco2)cc1)c1cccn1CCc1ccccc1. The van der Waals surface area contributed by atoms with E-state index >= 15 is 0 Å². The number of anilines is 1. The third-order valence-corrected chi connectivity index (χ3v) is 4.41. The van der Waals surface area contributed by atoms with Crippen molar-refractivity contribution >= 4 is 11.6 Å². The zero-order valence-electron chi connectivity index (χ0n) is 14.7. The van der Waals surface area contributed by atoms with E-state index in [0.717, 1.165) is 24.2 Å². The molecule has 0 atom stereocenters. The lowest BCUT2D eigenvalue weighted by molar-refractivity contribution is 0.101. The molecule has 0 bridgehead atoms. The summed E-state index contributed by atoms with van der Waals surface area (Å²) in [5.41, 5.74) is 3.54. The summed E-state index contributed by atoms with van der Waals surface area (Å²) in [7, 11) is 0. The molecular weight excluding hydrogens is 338 g/mol. The van der Waals surface area contributed by atoms with Crippen LogP contribution >= 0.6 is 0 Å². The largest absolute Gasteiger partial charge is 0.444 e. The van der Waals surface area contributed by atoms with Crippen LogP contribution in [0.4, 0.5) is 5.69 Å². The van der Waals surface area contributed by atoms with E-state index in [9.17, 15) is 4.79 Å². The molecule has 134 valence electrons. The molecule has 1 N–H and O–H groups in total. The van der Waals surface area contributed by atoms with Crippen LogP contribution in [0.5, 0.6) is 0 Å². The number of rotatable bonds is 6. The van der Waals surface area contributed by atoms with E-state index in [4.69, 9.17) is 4.42 Å². The van der Waals surface area contributed by atoms with E-state index < -0.39 is 0 Å². The fourth-order valence-corrected chi connectivity index (χ4v) is 2.98. The molecule has 0 spiro atoms. The number of nitrogens with one attached hydrogen (secondary N) is 1. The minimum atomic E-state index is -0.125. The predicted octanol–water partition coefficient (Wildman–Crippen LogP) is 4.64. The van der Waals surface area contributed by atoms with Crippen LogP contribution in [-0.4, -0.2) is 15.5 Å². The van der Waals surface area contributed by atoms with Gasteiger partial charge in [-0.1, -0.05) is 30.3 Å². The summed E-state index contributed by atoms with van der Waals surface area (Å²) < 4.78 is 7.25. The number of hydrogen-bond acceptors (Lipinski definition) is 3. The molecule has 1 amide bonds. The molecule has 0 fully saturated rings. The van der Waals surface area contributed by atoms with Crippen LogP contribution in [0, 0.1) is 0 Å². The Morgan fingerprint density at radius 2 is 1.81 bits per heavy atom. The quantitative estimate of drug-likeness (QED) is 0.547. The third kappa shape index (κ3) is 3.98. The molecule has 0 saturated carbocycles. The Morgan fingerprint density at radius 3 is 2.56 bits per heavy atom. The van der Waals surface area contributed by atoms with Crippen LogP contribution in [0.2, 0.25) is 0 Å². The summed E-state index contributed by atoms with van der Waals surface area (Å²) in [5, 5.41) is 2.95. The Bertz CT molecular complexity index is 1000. The summed E-state index contributed by atoms with van der Waals surface area (Å²) in [6.07, 6.45) is 5.87. The maximum Gasteiger partial charge on any atom is 0.272 e. The lowest BCUT2D eigenvalue weighted by atomic mass is 10.1. The number of hydrogen-bond donors (Lipinski definition) is 1. The molecule has 5 heteroatoms. The summed E-state index contributed by atoms with van der Waals surface area (Å²) in [6, 6.07) is 21.5. The normalized spacial score (nSPS) is 10.7. The minimum Gasteiger partial charge on any atom is -0.444 e. The Labute approximate surface area is 157 Å². The van der Waals surface area contributed by atoms with Gasteiger partial charge in [0.1, 0.15) is 5.69 Å². The van der Waals surface area contributed by atoms with E-state index in [2.05, 4.69) is 22.4 Å². The first-order valence-corrected chi connectivity index (χ1v) is 8.79. The molecular formula is C22H19N3O2. The van der Waals surface area contributed by atoms with Gasteiger partial charge in [0, 0.05) is 24.0 Å². The zero-order chi connectivity index (χ0) is 18.5. The first-order chi connectivity index (χ1) is 13.3. The summed E-state index contributed by atoms with van der Waals surface area (Å²) in [6.45, 7) is 0.754. The van der Waals surface area contributed by atoms with E-state index in [1.807, 2.05) is 65.4 Å². The molecule has 2 heterocycles. The second-order valence-electron chi connectivity index (χ2n) is 6.22. The van der Waals surface area contributed by atoms with E-state index in [0.29, 0.717) is 11.5 Å². The molecule has 0 unspecified atom stereocenters. The molecule has 0 aliphatic rings.